The highest BCUT2D eigenvalue weighted by atomic mass is 16.4. The van der Waals surface area contributed by atoms with Gasteiger partial charge in [0.05, 0.1) is 0 Å². The number of benzene rings is 1. The van der Waals surface area contributed by atoms with Crippen LogP contribution in [-0.4, -0.2) is 36.0 Å². The summed E-state index contributed by atoms with van der Waals surface area (Å²) >= 11 is 0. The van der Waals surface area contributed by atoms with Crippen LogP contribution in [0, 0.1) is 11.8 Å². The second-order valence-corrected chi connectivity index (χ2v) is 6.22. The van der Waals surface area contributed by atoms with Gasteiger partial charge < -0.3 is 15.7 Å². The van der Waals surface area contributed by atoms with E-state index in [0.717, 1.165) is 5.56 Å². The maximum absolute atomic E-state index is 12.2. The van der Waals surface area contributed by atoms with E-state index in [4.69, 9.17) is 5.11 Å². The van der Waals surface area contributed by atoms with Crippen molar-refractivity contribution in [3.05, 3.63) is 35.4 Å². The van der Waals surface area contributed by atoms with Crippen LogP contribution in [0.25, 0.3) is 0 Å². The predicted molar refractivity (Wildman–Crippen MR) is 85.1 cm³/mol. The molecule has 1 aliphatic rings. The molecule has 0 radical (unpaired) electrons. The molecule has 124 valence electrons. The number of hydrogen-bond acceptors (Lipinski definition) is 3. The molecule has 23 heavy (non-hydrogen) atoms. The van der Waals surface area contributed by atoms with Crippen LogP contribution in [0.2, 0.25) is 0 Å². The Morgan fingerprint density at radius 2 is 1.78 bits per heavy atom. The summed E-state index contributed by atoms with van der Waals surface area (Å²) in [6, 6.07) is 6.30. The highest BCUT2D eigenvalue weighted by Gasteiger charge is 2.45. The lowest BCUT2D eigenvalue weighted by Crippen LogP contribution is -2.45. The molecule has 3 atom stereocenters. The summed E-state index contributed by atoms with van der Waals surface area (Å²) in [6.07, 6.45) is 0.704. The van der Waals surface area contributed by atoms with E-state index in [9.17, 15) is 14.4 Å². The number of hydrogen-bond donors (Lipinski definition) is 3. The molecule has 0 heterocycles. The molecule has 6 heteroatoms. The number of nitrogens with one attached hydrogen (secondary N) is 2. The van der Waals surface area contributed by atoms with Gasteiger partial charge in [0, 0.05) is 18.5 Å². The van der Waals surface area contributed by atoms with Gasteiger partial charge in [-0.1, -0.05) is 26.0 Å². The Labute approximate surface area is 135 Å². The maximum atomic E-state index is 12.2. The highest BCUT2D eigenvalue weighted by Crippen LogP contribution is 2.47. The molecule has 3 unspecified atom stereocenters. The van der Waals surface area contributed by atoms with Gasteiger partial charge in [0.15, 0.2) is 0 Å². The van der Waals surface area contributed by atoms with E-state index < -0.39 is 12.0 Å². The van der Waals surface area contributed by atoms with E-state index in [1.165, 1.54) is 0 Å². The number of carbonyl (C=O) groups is 3. The highest BCUT2D eigenvalue weighted by molar-refractivity contribution is 5.94. The molecule has 2 rings (SSSR count). The van der Waals surface area contributed by atoms with Crippen molar-refractivity contribution in [2.24, 2.45) is 11.8 Å². The number of amides is 2. The first-order chi connectivity index (χ1) is 10.8. The first-order valence-electron chi connectivity index (χ1n) is 7.70. The summed E-state index contributed by atoms with van der Waals surface area (Å²) in [4.78, 5) is 34.8. The number of carbonyl (C=O) groups excluding carboxylic acids is 2. The number of carboxylic acid groups (broad SMARTS) is 1. The van der Waals surface area contributed by atoms with Gasteiger partial charge in [-0.2, -0.15) is 0 Å². The Hall–Kier alpha value is -2.37. The van der Waals surface area contributed by atoms with Crippen molar-refractivity contribution in [1.29, 1.82) is 0 Å². The van der Waals surface area contributed by atoms with Crippen molar-refractivity contribution < 1.29 is 19.5 Å². The molecule has 0 aromatic heterocycles. The minimum atomic E-state index is -1.01. The van der Waals surface area contributed by atoms with E-state index in [2.05, 4.69) is 10.6 Å². The summed E-state index contributed by atoms with van der Waals surface area (Å²) < 4.78 is 0. The van der Waals surface area contributed by atoms with Gasteiger partial charge >= 0.3 is 5.97 Å². The third-order valence-corrected chi connectivity index (χ3v) is 4.19. The van der Waals surface area contributed by atoms with Crippen LogP contribution >= 0.6 is 0 Å². The Kier molecular flexibility index (Phi) is 5.03. The van der Waals surface area contributed by atoms with Crippen molar-refractivity contribution in [2.75, 3.05) is 7.05 Å². The molecule has 2 amide bonds. The van der Waals surface area contributed by atoms with Gasteiger partial charge in [-0.15, -0.1) is 0 Å². The average Bonchev–Trinajstić information content (AvgIpc) is 3.31. The molecule has 0 spiro atoms. The van der Waals surface area contributed by atoms with E-state index in [1.807, 2.05) is 12.1 Å². The molecule has 1 aliphatic carbocycles. The van der Waals surface area contributed by atoms with E-state index in [-0.39, 0.29) is 29.6 Å². The van der Waals surface area contributed by atoms with Crippen LogP contribution in [0.4, 0.5) is 0 Å². The van der Waals surface area contributed by atoms with Crippen molar-refractivity contribution in [3.8, 4) is 0 Å². The molecule has 6 nitrogen and oxygen atoms in total. The maximum Gasteiger partial charge on any atom is 0.326 e. The van der Waals surface area contributed by atoms with Crippen molar-refractivity contribution in [2.45, 2.75) is 32.2 Å². The van der Waals surface area contributed by atoms with Crippen LogP contribution < -0.4 is 10.6 Å². The standard InChI is InChI=1S/C17H22N2O4/c1-9(2)14(17(22)23)19-16(21)13-8-12(13)10-4-6-11(7-5-10)15(20)18-3/h4-7,9,12-14H,8H2,1-3H3,(H,18,20)(H,19,21)(H,22,23). The zero-order valence-electron chi connectivity index (χ0n) is 13.5. The van der Waals surface area contributed by atoms with E-state index in [1.54, 1.807) is 33.0 Å². The fourth-order valence-electron chi connectivity index (χ4n) is 2.65. The van der Waals surface area contributed by atoms with Gasteiger partial charge in [-0.3, -0.25) is 9.59 Å². The molecular weight excluding hydrogens is 296 g/mol. The van der Waals surface area contributed by atoms with E-state index in [0.29, 0.717) is 12.0 Å². The van der Waals surface area contributed by atoms with Crippen molar-refractivity contribution in [3.63, 3.8) is 0 Å². The molecule has 1 aromatic rings. The molecule has 0 bridgehead atoms. The fourth-order valence-corrected chi connectivity index (χ4v) is 2.65. The third kappa shape index (κ3) is 3.88. The summed E-state index contributed by atoms with van der Waals surface area (Å²) in [5.41, 5.74) is 1.57. The van der Waals surface area contributed by atoms with Gasteiger partial charge in [-0.05, 0) is 36.0 Å². The zero-order chi connectivity index (χ0) is 17.1. The minimum Gasteiger partial charge on any atom is -0.480 e. The quantitative estimate of drug-likeness (QED) is 0.738. The van der Waals surface area contributed by atoms with Crippen LogP contribution in [0.1, 0.15) is 42.1 Å². The SMILES string of the molecule is CNC(=O)c1ccc(C2CC2C(=O)NC(C(=O)O)C(C)C)cc1. The predicted octanol–water partition coefficient (Wildman–Crippen LogP) is 1.38. The topological polar surface area (TPSA) is 95.5 Å². The smallest absolute Gasteiger partial charge is 0.326 e. The molecular formula is C17H22N2O4. The van der Waals surface area contributed by atoms with Gasteiger partial charge in [-0.25, -0.2) is 4.79 Å². The minimum absolute atomic E-state index is 0.0929. The molecule has 1 fully saturated rings. The van der Waals surface area contributed by atoms with Crippen LogP contribution in [0.15, 0.2) is 24.3 Å². The molecule has 0 aliphatic heterocycles. The van der Waals surface area contributed by atoms with Crippen LogP contribution in [0.3, 0.4) is 0 Å². The average molecular weight is 318 g/mol. The largest absolute Gasteiger partial charge is 0.480 e. The van der Waals surface area contributed by atoms with Gasteiger partial charge in [0.1, 0.15) is 6.04 Å². The lowest BCUT2D eigenvalue weighted by molar-refractivity contribution is -0.143. The fraction of sp³-hybridized carbons (Fsp3) is 0.471. The van der Waals surface area contributed by atoms with Gasteiger partial charge in [0.2, 0.25) is 5.91 Å². The summed E-state index contributed by atoms with van der Waals surface area (Å²) in [5.74, 6) is -1.65. The Morgan fingerprint density at radius 3 is 2.26 bits per heavy atom. The third-order valence-electron chi connectivity index (χ3n) is 4.19. The second kappa shape index (κ2) is 6.81. The Bertz CT molecular complexity index is 610. The summed E-state index contributed by atoms with van der Waals surface area (Å²) in [7, 11) is 1.57. The zero-order valence-corrected chi connectivity index (χ0v) is 13.5. The van der Waals surface area contributed by atoms with Crippen LogP contribution in [0.5, 0.6) is 0 Å². The Morgan fingerprint density at radius 1 is 1.17 bits per heavy atom. The molecule has 3 N–H and O–H groups in total. The molecule has 1 aromatic carbocycles. The van der Waals surface area contributed by atoms with Crippen LogP contribution in [-0.2, 0) is 9.59 Å². The number of carboxylic acids is 1. The van der Waals surface area contributed by atoms with Gasteiger partial charge in [0.25, 0.3) is 5.91 Å². The van der Waals surface area contributed by atoms with E-state index >= 15 is 0 Å². The first-order valence-corrected chi connectivity index (χ1v) is 7.70. The first kappa shape index (κ1) is 17.0. The molecule has 0 saturated heterocycles. The summed E-state index contributed by atoms with van der Waals surface area (Å²) in [5, 5.41) is 14.3. The normalized spacial score (nSPS) is 20.7. The second-order valence-electron chi connectivity index (χ2n) is 6.22. The number of rotatable bonds is 6. The number of aliphatic carboxylic acids is 1. The Balaban J connectivity index is 1.97. The monoisotopic (exact) mass is 318 g/mol. The summed E-state index contributed by atoms with van der Waals surface area (Å²) in [6.45, 7) is 3.53. The molecule has 1 saturated carbocycles. The lowest BCUT2D eigenvalue weighted by Gasteiger charge is -2.17. The van der Waals surface area contributed by atoms with Crippen molar-refractivity contribution >= 4 is 17.8 Å². The van der Waals surface area contributed by atoms with Crippen molar-refractivity contribution in [1.82, 2.24) is 10.6 Å². The lowest BCUT2D eigenvalue weighted by atomic mass is 10.0.